The van der Waals surface area contributed by atoms with E-state index < -0.39 is 5.97 Å². The van der Waals surface area contributed by atoms with Crippen LogP contribution in [0.15, 0.2) is 9.00 Å². The van der Waals surface area contributed by atoms with Crippen LogP contribution in [0.25, 0.3) is 0 Å². The maximum Gasteiger partial charge on any atom is 0.359 e. The van der Waals surface area contributed by atoms with E-state index in [-0.39, 0.29) is 5.69 Å². The van der Waals surface area contributed by atoms with Crippen LogP contribution in [-0.2, 0) is 0 Å². The number of hydrogen-bond acceptors (Lipinski definition) is 3. The van der Waals surface area contributed by atoms with Crippen molar-refractivity contribution in [1.82, 2.24) is 5.16 Å². The highest BCUT2D eigenvalue weighted by Crippen LogP contribution is 2.40. The molecule has 0 aromatic carbocycles. The van der Waals surface area contributed by atoms with E-state index in [1.54, 1.807) is 0 Å². The van der Waals surface area contributed by atoms with Crippen LogP contribution in [-0.4, -0.2) is 16.2 Å². The van der Waals surface area contributed by atoms with Gasteiger partial charge in [0.15, 0.2) is 5.76 Å². The number of hydrogen-bond donors (Lipinski definition) is 1. The van der Waals surface area contributed by atoms with Gasteiger partial charge in [-0.1, -0.05) is 11.6 Å². The molecule has 0 saturated heterocycles. The van der Waals surface area contributed by atoms with E-state index in [4.69, 9.17) is 9.63 Å². The Labute approximate surface area is 83.0 Å². The third-order valence-corrected chi connectivity index (χ3v) is 3.10. The predicted molar refractivity (Wildman–Crippen MR) is 47.8 cm³/mol. The smallest absolute Gasteiger partial charge is 0.359 e. The minimum absolute atomic E-state index is 0.0260. The van der Waals surface area contributed by atoms with Gasteiger partial charge in [0.1, 0.15) is 0 Å². The summed E-state index contributed by atoms with van der Waals surface area (Å²) < 4.78 is 5.49. The van der Waals surface area contributed by atoms with Crippen LogP contribution in [0.1, 0.15) is 41.4 Å². The fraction of sp³-hybridized carbons (Fsp3) is 0.500. The van der Waals surface area contributed by atoms with Crippen molar-refractivity contribution in [2.75, 3.05) is 0 Å². The molecule has 1 aromatic rings. The first kappa shape index (κ1) is 8.74. The largest absolute Gasteiger partial charge is 0.476 e. The second kappa shape index (κ2) is 3.14. The van der Waals surface area contributed by atoms with E-state index in [2.05, 4.69) is 21.1 Å². The van der Waals surface area contributed by atoms with E-state index in [0.29, 0.717) is 16.2 Å². The van der Waals surface area contributed by atoms with Crippen molar-refractivity contribution < 1.29 is 14.4 Å². The summed E-state index contributed by atoms with van der Waals surface area (Å²) in [4.78, 5) is 10.6. The van der Waals surface area contributed by atoms with E-state index in [1.807, 2.05) is 0 Å². The van der Waals surface area contributed by atoms with Crippen LogP contribution in [0.4, 0.5) is 0 Å². The topological polar surface area (TPSA) is 63.3 Å². The van der Waals surface area contributed by atoms with Crippen LogP contribution in [0, 0.1) is 0 Å². The van der Waals surface area contributed by atoms with Crippen molar-refractivity contribution >= 4 is 21.9 Å². The summed E-state index contributed by atoms with van der Waals surface area (Å²) in [5.74, 6) is -0.0141. The van der Waals surface area contributed by atoms with Gasteiger partial charge in [0.05, 0.1) is 4.47 Å². The second-order valence-corrected chi connectivity index (χ2v) is 3.94. The quantitative estimate of drug-likeness (QED) is 0.870. The van der Waals surface area contributed by atoms with Crippen molar-refractivity contribution in [3.05, 3.63) is 15.9 Å². The van der Waals surface area contributed by atoms with Gasteiger partial charge < -0.3 is 9.63 Å². The number of carboxylic acid groups (broad SMARTS) is 1. The van der Waals surface area contributed by atoms with Gasteiger partial charge in [-0.3, -0.25) is 0 Å². The Bertz CT molecular complexity index is 343. The highest BCUT2D eigenvalue weighted by Gasteiger charge is 2.29. The Balaban J connectivity index is 2.32. The molecule has 0 spiro atoms. The molecular formula is C8H8BrNO3. The molecule has 0 unspecified atom stereocenters. The Morgan fingerprint density at radius 1 is 1.62 bits per heavy atom. The molecule has 70 valence electrons. The summed E-state index contributed by atoms with van der Waals surface area (Å²) in [6.07, 6.45) is 3.31. The SMILES string of the molecule is O=C(O)c1noc(C2CCC2)c1Br. The summed E-state index contributed by atoms with van der Waals surface area (Å²) in [7, 11) is 0. The van der Waals surface area contributed by atoms with Crippen molar-refractivity contribution in [2.24, 2.45) is 0 Å². The summed E-state index contributed by atoms with van der Waals surface area (Å²) in [5, 5.41) is 12.2. The average molecular weight is 246 g/mol. The van der Waals surface area contributed by atoms with Crippen molar-refractivity contribution in [3.63, 3.8) is 0 Å². The maximum atomic E-state index is 10.6. The Hall–Kier alpha value is -0.840. The van der Waals surface area contributed by atoms with Gasteiger partial charge in [-0.15, -0.1) is 0 Å². The van der Waals surface area contributed by atoms with Gasteiger partial charge in [0.2, 0.25) is 5.69 Å². The van der Waals surface area contributed by atoms with Gasteiger partial charge in [-0.05, 0) is 28.8 Å². The monoisotopic (exact) mass is 245 g/mol. The number of halogens is 1. The van der Waals surface area contributed by atoms with Crippen LogP contribution < -0.4 is 0 Å². The second-order valence-electron chi connectivity index (χ2n) is 3.14. The first-order valence-electron chi connectivity index (χ1n) is 4.08. The molecule has 1 aliphatic carbocycles. The van der Waals surface area contributed by atoms with Crippen molar-refractivity contribution in [1.29, 1.82) is 0 Å². The summed E-state index contributed by atoms with van der Waals surface area (Å²) in [6.45, 7) is 0. The Morgan fingerprint density at radius 3 is 2.69 bits per heavy atom. The lowest BCUT2D eigenvalue weighted by atomic mass is 9.83. The van der Waals surface area contributed by atoms with Gasteiger partial charge in [0, 0.05) is 5.92 Å². The predicted octanol–water partition coefficient (Wildman–Crippen LogP) is 2.40. The summed E-state index contributed by atoms with van der Waals surface area (Å²) >= 11 is 3.19. The standard InChI is InChI=1S/C8H8BrNO3/c9-5-6(8(11)12)10-13-7(5)4-2-1-3-4/h4H,1-3H2,(H,11,12). The molecule has 0 amide bonds. The first-order chi connectivity index (χ1) is 6.20. The van der Waals surface area contributed by atoms with Crippen LogP contribution in [0.5, 0.6) is 0 Å². The number of aromatic nitrogens is 1. The fourth-order valence-electron chi connectivity index (χ4n) is 1.35. The lowest BCUT2D eigenvalue weighted by Gasteiger charge is -2.22. The molecule has 2 rings (SSSR count). The molecule has 1 heterocycles. The van der Waals surface area contributed by atoms with Crippen LogP contribution in [0.3, 0.4) is 0 Å². The molecule has 0 bridgehead atoms. The van der Waals surface area contributed by atoms with E-state index in [9.17, 15) is 4.79 Å². The lowest BCUT2D eigenvalue weighted by molar-refractivity contribution is 0.0684. The summed E-state index contributed by atoms with van der Waals surface area (Å²) in [6, 6.07) is 0. The average Bonchev–Trinajstić information content (AvgIpc) is 2.29. The van der Waals surface area contributed by atoms with Gasteiger partial charge >= 0.3 is 5.97 Å². The third kappa shape index (κ3) is 1.37. The van der Waals surface area contributed by atoms with Crippen LogP contribution >= 0.6 is 15.9 Å². The van der Waals surface area contributed by atoms with Crippen LogP contribution in [0.2, 0.25) is 0 Å². The Morgan fingerprint density at radius 2 is 2.31 bits per heavy atom. The van der Waals surface area contributed by atoms with Crippen molar-refractivity contribution in [3.8, 4) is 0 Å². The molecule has 1 saturated carbocycles. The van der Waals surface area contributed by atoms with Crippen molar-refractivity contribution in [2.45, 2.75) is 25.2 Å². The molecule has 13 heavy (non-hydrogen) atoms. The van der Waals surface area contributed by atoms with E-state index in [0.717, 1.165) is 12.8 Å². The Kier molecular flexibility index (Phi) is 2.11. The molecule has 1 aliphatic rings. The molecule has 4 nitrogen and oxygen atoms in total. The highest BCUT2D eigenvalue weighted by atomic mass is 79.9. The molecule has 1 fully saturated rings. The van der Waals surface area contributed by atoms with Gasteiger partial charge in [-0.25, -0.2) is 4.79 Å². The molecule has 5 heteroatoms. The maximum absolute atomic E-state index is 10.6. The number of aromatic carboxylic acids is 1. The molecule has 1 aromatic heterocycles. The highest BCUT2D eigenvalue weighted by molar-refractivity contribution is 9.10. The normalized spacial score (nSPS) is 17.0. The van der Waals surface area contributed by atoms with Gasteiger partial charge in [-0.2, -0.15) is 0 Å². The van der Waals surface area contributed by atoms with Gasteiger partial charge in [0.25, 0.3) is 0 Å². The minimum atomic E-state index is -1.05. The van der Waals surface area contributed by atoms with E-state index in [1.165, 1.54) is 6.42 Å². The first-order valence-corrected chi connectivity index (χ1v) is 4.88. The number of carboxylic acids is 1. The zero-order chi connectivity index (χ0) is 9.42. The molecule has 0 aliphatic heterocycles. The number of carbonyl (C=O) groups is 1. The summed E-state index contributed by atoms with van der Waals surface area (Å²) in [5.41, 5.74) is -0.0260. The third-order valence-electron chi connectivity index (χ3n) is 2.34. The minimum Gasteiger partial charge on any atom is -0.476 e. The molecule has 0 radical (unpaired) electrons. The molecule has 0 atom stereocenters. The zero-order valence-electron chi connectivity index (χ0n) is 6.79. The number of rotatable bonds is 2. The molecular weight excluding hydrogens is 238 g/mol. The lowest BCUT2D eigenvalue weighted by Crippen LogP contribution is -2.08. The fourth-order valence-corrected chi connectivity index (χ4v) is 1.99. The zero-order valence-corrected chi connectivity index (χ0v) is 8.37. The van der Waals surface area contributed by atoms with E-state index >= 15 is 0 Å². The number of nitrogens with zero attached hydrogens (tertiary/aromatic N) is 1. The molecule has 1 N–H and O–H groups in total.